The van der Waals surface area contributed by atoms with Crippen molar-refractivity contribution < 1.29 is 15.0 Å². The van der Waals surface area contributed by atoms with Crippen LogP contribution in [0.5, 0.6) is 0 Å². The predicted molar refractivity (Wildman–Crippen MR) is 61.2 cm³/mol. The molecule has 1 amide bonds. The summed E-state index contributed by atoms with van der Waals surface area (Å²) in [5, 5.41) is 17.6. The van der Waals surface area contributed by atoms with Crippen molar-refractivity contribution in [3.8, 4) is 0 Å². The first-order valence-electron chi connectivity index (χ1n) is 5.06. The molecule has 5 N–H and O–H groups in total. The summed E-state index contributed by atoms with van der Waals surface area (Å²) in [4.78, 5) is 10.7. The van der Waals surface area contributed by atoms with Crippen molar-refractivity contribution in [2.45, 2.75) is 31.8 Å². The Labute approximate surface area is 94.4 Å². The zero-order valence-electron chi connectivity index (χ0n) is 8.82. The number of carbonyl (C=O) groups is 1. The summed E-state index contributed by atoms with van der Waals surface area (Å²) in [5.41, 5.74) is 2.08. The second kappa shape index (κ2) is 10.2. The Morgan fingerprint density at radius 3 is 2.73 bits per heavy atom. The van der Waals surface area contributed by atoms with E-state index in [4.69, 9.17) is 16.1 Å². The third-order valence-corrected chi connectivity index (χ3v) is 3.07. The van der Waals surface area contributed by atoms with Gasteiger partial charge in [0.05, 0.1) is 12.7 Å². The molecule has 0 aliphatic rings. The van der Waals surface area contributed by atoms with Crippen LogP contribution in [-0.4, -0.2) is 40.3 Å². The van der Waals surface area contributed by atoms with Gasteiger partial charge in [-0.2, -0.15) is 11.8 Å². The number of hydrogen-bond donors (Lipinski definition) is 4. The fourth-order valence-electron chi connectivity index (χ4n) is 1.01. The molecule has 0 aromatic carbocycles. The average molecular weight is 236 g/mol. The lowest BCUT2D eigenvalue weighted by atomic mass is 10.2. The number of aliphatic hydroxyl groups excluding tert-OH is 2. The van der Waals surface area contributed by atoms with E-state index in [9.17, 15) is 4.79 Å². The maximum Gasteiger partial charge on any atom is 0.233 e. The van der Waals surface area contributed by atoms with Crippen molar-refractivity contribution in [2.75, 3.05) is 18.1 Å². The first kappa shape index (κ1) is 14.7. The van der Waals surface area contributed by atoms with E-state index >= 15 is 0 Å². The van der Waals surface area contributed by atoms with Gasteiger partial charge < -0.3 is 10.2 Å². The molecule has 0 aromatic heterocycles. The molecule has 0 aliphatic heterocycles. The summed E-state index contributed by atoms with van der Waals surface area (Å²) in [6, 6.07) is 0. The minimum absolute atomic E-state index is 0.127. The van der Waals surface area contributed by atoms with Crippen molar-refractivity contribution in [3.05, 3.63) is 0 Å². The summed E-state index contributed by atoms with van der Waals surface area (Å²) in [6.45, 7) is -0.177. The number of nitrogens with one attached hydrogen (secondary N) is 1. The van der Waals surface area contributed by atoms with Gasteiger partial charge in [-0.05, 0) is 18.6 Å². The zero-order valence-corrected chi connectivity index (χ0v) is 9.63. The smallest absolute Gasteiger partial charge is 0.233 e. The Hall–Kier alpha value is -0.300. The van der Waals surface area contributed by atoms with E-state index in [1.165, 1.54) is 0 Å². The number of unbranched alkanes of at least 4 members (excludes halogenated alkanes) is 2. The highest BCUT2D eigenvalue weighted by Crippen LogP contribution is 2.08. The molecule has 0 aromatic rings. The molecule has 15 heavy (non-hydrogen) atoms. The molecule has 90 valence electrons. The van der Waals surface area contributed by atoms with Gasteiger partial charge >= 0.3 is 0 Å². The molecule has 0 saturated carbocycles. The van der Waals surface area contributed by atoms with E-state index < -0.39 is 6.10 Å². The van der Waals surface area contributed by atoms with Gasteiger partial charge in [0, 0.05) is 12.2 Å². The maximum atomic E-state index is 10.7. The van der Waals surface area contributed by atoms with E-state index in [1.807, 2.05) is 0 Å². The van der Waals surface area contributed by atoms with E-state index in [2.05, 4.69) is 5.43 Å². The van der Waals surface area contributed by atoms with Crippen molar-refractivity contribution >= 4 is 17.7 Å². The maximum absolute atomic E-state index is 10.7. The minimum atomic E-state index is -0.613. The molecule has 0 spiro atoms. The van der Waals surface area contributed by atoms with Crippen LogP contribution in [-0.2, 0) is 4.79 Å². The van der Waals surface area contributed by atoms with Crippen LogP contribution >= 0.6 is 11.8 Å². The van der Waals surface area contributed by atoms with Gasteiger partial charge in [0.1, 0.15) is 0 Å². The monoisotopic (exact) mass is 236 g/mol. The Bertz CT molecular complexity index is 169. The third-order valence-electron chi connectivity index (χ3n) is 1.87. The number of rotatable bonds is 9. The SMILES string of the molecule is NNC(=O)CCCCCSCC(O)CO. The van der Waals surface area contributed by atoms with E-state index in [-0.39, 0.29) is 12.5 Å². The fourth-order valence-corrected chi connectivity index (χ4v) is 1.96. The molecule has 0 aliphatic carbocycles. The highest BCUT2D eigenvalue weighted by molar-refractivity contribution is 7.99. The van der Waals surface area contributed by atoms with Crippen LogP contribution in [0, 0.1) is 0 Å². The highest BCUT2D eigenvalue weighted by Gasteiger charge is 2.01. The van der Waals surface area contributed by atoms with E-state index in [0.29, 0.717) is 12.2 Å². The molecule has 0 rings (SSSR count). The minimum Gasteiger partial charge on any atom is -0.394 e. The number of hydrogen-bond acceptors (Lipinski definition) is 5. The summed E-state index contributed by atoms with van der Waals surface area (Å²) >= 11 is 1.62. The topological polar surface area (TPSA) is 95.6 Å². The molecule has 0 saturated heterocycles. The van der Waals surface area contributed by atoms with Gasteiger partial charge in [-0.3, -0.25) is 10.2 Å². The largest absolute Gasteiger partial charge is 0.394 e. The van der Waals surface area contributed by atoms with Gasteiger partial charge in [0.25, 0.3) is 0 Å². The second-order valence-electron chi connectivity index (χ2n) is 3.29. The van der Waals surface area contributed by atoms with Crippen molar-refractivity contribution in [3.63, 3.8) is 0 Å². The number of hydrazine groups is 1. The first-order valence-corrected chi connectivity index (χ1v) is 6.22. The molecular weight excluding hydrogens is 216 g/mol. The molecule has 1 atom stereocenters. The Morgan fingerprint density at radius 2 is 2.13 bits per heavy atom. The van der Waals surface area contributed by atoms with Crippen LogP contribution in [0.25, 0.3) is 0 Å². The second-order valence-corrected chi connectivity index (χ2v) is 4.44. The van der Waals surface area contributed by atoms with Crippen LogP contribution in [0.15, 0.2) is 0 Å². The van der Waals surface area contributed by atoms with Gasteiger partial charge in [0.15, 0.2) is 0 Å². The van der Waals surface area contributed by atoms with Crippen LogP contribution in [0.1, 0.15) is 25.7 Å². The number of thioether (sulfide) groups is 1. The summed E-state index contributed by atoms with van der Waals surface area (Å²) < 4.78 is 0. The van der Waals surface area contributed by atoms with Gasteiger partial charge in [-0.15, -0.1) is 0 Å². The zero-order chi connectivity index (χ0) is 11.5. The first-order chi connectivity index (χ1) is 7.20. The Balaban J connectivity index is 3.08. The van der Waals surface area contributed by atoms with Crippen molar-refractivity contribution in [1.29, 1.82) is 0 Å². The summed E-state index contributed by atoms with van der Waals surface area (Å²) in [7, 11) is 0. The van der Waals surface area contributed by atoms with Crippen LogP contribution in [0.2, 0.25) is 0 Å². The fraction of sp³-hybridized carbons (Fsp3) is 0.889. The molecule has 1 unspecified atom stereocenters. The molecule has 0 fully saturated rings. The van der Waals surface area contributed by atoms with Crippen LogP contribution in [0.4, 0.5) is 0 Å². The quantitative estimate of drug-likeness (QED) is 0.189. The number of aliphatic hydroxyl groups is 2. The molecule has 5 nitrogen and oxygen atoms in total. The average Bonchev–Trinajstić information content (AvgIpc) is 2.26. The van der Waals surface area contributed by atoms with E-state index in [0.717, 1.165) is 25.0 Å². The van der Waals surface area contributed by atoms with E-state index in [1.54, 1.807) is 11.8 Å². The summed E-state index contributed by atoms with van der Waals surface area (Å²) in [6.07, 6.45) is 2.70. The normalized spacial score (nSPS) is 12.5. The lowest BCUT2D eigenvalue weighted by Gasteiger charge is -2.05. The third kappa shape index (κ3) is 9.99. The molecular formula is C9H20N2O3S. The lowest BCUT2D eigenvalue weighted by molar-refractivity contribution is -0.121. The van der Waals surface area contributed by atoms with Crippen molar-refractivity contribution in [2.24, 2.45) is 5.84 Å². The van der Waals surface area contributed by atoms with Gasteiger partial charge in [-0.1, -0.05) is 6.42 Å². The van der Waals surface area contributed by atoms with Crippen LogP contribution < -0.4 is 11.3 Å². The molecule has 0 heterocycles. The standard InChI is InChI=1S/C9H20N2O3S/c10-11-9(14)4-2-1-3-5-15-7-8(13)6-12/h8,12-13H,1-7,10H2,(H,11,14). The predicted octanol–water partition coefficient (Wildman–Crippen LogP) is -0.377. The Morgan fingerprint density at radius 1 is 1.40 bits per heavy atom. The lowest BCUT2D eigenvalue weighted by Crippen LogP contribution is -2.29. The Kier molecular flexibility index (Phi) is 10.0. The van der Waals surface area contributed by atoms with Crippen LogP contribution in [0.3, 0.4) is 0 Å². The van der Waals surface area contributed by atoms with Gasteiger partial charge in [-0.25, -0.2) is 5.84 Å². The summed E-state index contributed by atoms with van der Waals surface area (Å²) in [5.74, 6) is 6.32. The highest BCUT2D eigenvalue weighted by atomic mass is 32.2. The van der Waals surface area contributed by atoms with Gasteiger partial charge in [0.2, 0.25) is 5.91 Å². The number of amides is 1. The number of carbonyl (C=O) groups excluding carboxylic acids is 1. The molecule has 0 bridgehead atoms. The van der Waals surface area contributed by atoms with Crippen molar-refractivity contribution in [1.82, 2.24) is 5.43 Å². The number of nitrogens with two attached hydrogens (primary N) is 1. The molecule has 6 heteroatoms. The molecule has 0 radical (unpaired) electrons.